The van der Waals surface area contributed by atoms with Gasteiger partial charge < -0.3 is 15.0 Å². The Morgan fingerprint density at radius 2 is 2.06 bits per heavy atom. The first-order chi connectivity index (χ1) is 7.80. The Balaban J connectivity index is 2.37. The molecule has 17 heavy (non-hydrogen) atoms. The molecule has 0 bridgehead atoms. The standard InChI is InChI=1S/C12H22N2O3/c1-12(2,3)10(15)7-13-11(16)9-8-14(4)5-6-17-9/h9H,5-8H2,1-4H3,(H,13,16)/t9-/m0/s1. The van der Waals surface area contributed by atoms with Crippen molar-refractivity contribution in [3.8, 4) is 0 Å². The number of amides is 1. The van der Waals surface area contributed by atoms with E-state index in [9.17, 15) is 9.59 Å². The maximum Gasteiger partial charge on any atom is 0.250 e. The highest BCUT2D eigenvalue weighted by Gasteiger charge is 2.26. The van der Waals surface area contributed by atoms with E-state index in [1.165, 1.54) is 0 Å². The van der Waals surface area contributed by atoms with Gasteiger partial charge in [0.1, 0.15) is 6.10 Å². The molecule has 1 fully saturated rings. The number of likely N-dealkylation sites (N-methyl/N-ethyl adjacent to an activating group) is 1. The lowest BCUT2D eigenvalue weighted by Crippen LogP contribution is -2.49. The first-order valence-electron chi connectivity index (χ1n) is 5.92. The first kappa shape index (κ1) is 14.1. The molecular weight excluding hydrogens is 220 g/mol. The molecule has 1 aliphatic rings. The Morgan fingerprint density at radius 1 is 1.41 bits per heavy atom. The van der Waals surface area contributed by atoms with Crippen LogP contribution in [0.3, 0.4) is 0 Å². The van der Waals surface area contributed by atoms with Crippen LogP contribution < -0.4 is 5.32 Å². The van der Waals surface area contributed by atoms with E-state index < -0.39 is 11.5 Å². The molecule has 0 aliphatic carbocycles. The molecule has 1 aliphatic heterocycles. The van der Waals surface area contributed by atoms with Crippen molar-refractivity contribution in [2.75, 3.05) is 33.3 Å². The van der Waals surface area contributed by atoms with Gasteiger partial charge in [-0.1, -0.05) is 20.8 Å². The van der Waals surface area contributed by atoms with E-state index in [4.69, 9.17) is 4.74 Å². The van der Waals surface area contributed by atoms with Crippen molar-refractivity contribution in [3.05, 3.63) is 0 Å². The van der Waals surface area contributed by atoms with Crippen LogP contribution in [0.2, 0.25) is 0 Å². The Kier molecular flexibility index (Phi) is 4.65. The van der Waals surface area contributed by atoms with Crippen molar-refractivity contribution >= 4 is 11.7 Å². The van der Waals surface area contributed by atoms with Crippen molar-refractivity contribution in [1.82, 2.24) is 10.2 Å². The molecule has 1 N–H and O–H groups in total. The molecule has 1 rings (SSSR count). The Morgan fingerprint density at radius 3 is 2.59 bits per heavy atom. The molecular formula is C12H22N2O3. The van der Waals surface area contributed by atoms with Crippen molar-refractivity contribution in [2.45, 2.75) is 26.9 Å². The van der Waals surface area contributed by atoms with E-state index >= 15 is 0 Å². The smallest absolute Gasteiger partial charge is 0.250 e. The zero-order chi connectivity index (χ0) is 13.1. The number of Topliss-reactive ketones (excluding diaryl/α,β-unsaturated/α-hetero) is 1. The van der Waals surface area contributed by atoms with Gasteiger partial charge in [-0.05, 0) is 7.05 Å². The van der Waals surface area contributed by atoms with Gasteiger partial charge in [-0.2, -0.15) is 0 Å². The van der Waals surface area contributed by atoms with E-state index in [1.807, 2.05) is 32.7 Å². The molecule has 5 heteroatoms. The third kappa shape index (κ3) is 4.44. The quantitative estimate of drug-likeness (QED) is 0.759. The fourth-order valence-electron chi connectivity index (χ4n) is 1.48. The molecule has 5 nitrogen and oxygen atoms in total. The van der Waals surface area contributed by atoms with Crippen molar-refractivity contribution in [3.63, 3.8) is 0 Å². The molecule has 0 aromatic carbocycles. The SMILES string of the molecule is CN1CCO[C@H](C(=O)NCC(=O)C(C)(C)C)C1. The summed E-state index contributed by atoms with van der Waals surface area (Å²) in [5.74, 6) is -0.177. The summed E-state index contributed by atoms with van der Waals surface area (Å²) < 4.78 is 5.36. The van der Waals surface area contributed by atoms with Gasteiger partial charge in [-0.25, -0.2) is 0 Å². The second kappa shape index (κ2) is 5.60. The number of ether oxygens (including phenoxy) is 1. The van der Waals surface area contributed by atoms with Gasteiger partial charge in [0.2, 0.25) is 0 Å². The predicted molar refractivity (Wildman–Crippen MR) is 64.7 cm³/mol. The summed E-state index contributed by atoms with van der Waals surface area (Å²) in [5, 5.41) is 2.64. The molecule has 1 amide bonds. The predicted octanol–water partition coefficient (Wildman–Crippen LogP) is 0.0484. The molecule has 0 aromatic heterocycles. The number of carbonyl (C=O) groups is 2. The summed E-state index contributed by atoms with van der Waals surface area (Å²) >= 11 is 0. The lowest BCUT2D eigenvalue weighted by molar-refractivity contribution is -0.139. The summed E-state index contributed by atoms with van der Waals surface area (Å²) in [6.07, 6.45) is -0.457. The summed E-state index contributed by atoms with van der Waals surface area (Å²) in [6.45, 7) is 7.57. The van der Waals surface area contributed by atoms with Crippen LogP contribution in [-0.2, 0) is 14.3 Å². The number of carbonyl (C=O) groups excluding carboxylic acids is 2. The van der Waals surface area contributed by atoms with Crippen LogP contribution in [0, 0.1) is 5.41 Å². The average molecular weight is 242 g/mol. The minimum atomic E-state index is -0.457. The minimum Gasteiger partial charge on any atom is -0.366 e. The fourth-order valence-corrected chi connectivity index (χ4v) is 1.48. The Bertz CT molecular complexity index is 297. The lowest BCUT2D eigenvalue weighted by Gasteiger charge is -2.29. The summed E-state index contributed by atoms with van der Waals surface area (Å²) in [5.41, 5.74) is -0.419. The van der Waals surface area contributed by atoms with Gasteiger partial charge in [0.25, 0.3) is 5.91 Å². The molecule has 0 saturated carbocycles. The van der Waals surface area contributed by atoms with E-state index in [0.717, 1.165) is 6.54 Å². The lowest BCUT2D eigenvalue weighted by atomic mass is 9.91. The molecule has 98 valence electrons. The molecule has 1 saturated heterocycles. The van der Waals surface area contributed by atoms with Crippen molar-refractivity contribution < 1.29 is 14.3 Å². The van der Waals surface area contributed by atoms with E-state index in [2.05, 4.69) is 5.32 Å². The largest absolute Gasteiger partial charge is 0.366 e. The maximum atomic E-state index is 11.8. The third-order valence-electron chi connectivity index (χ3n) is 2.82. The average Bonchev–Trinajstić information content (AvgIpc) is 2.24. The molecule has 0 spiro atoms. The van der Waals surface area contributed by atoms with Crippen molar-refractivity contribution in [1.29, 1.82) is 0 Å². The number of nitrogens with zero attached hydrogens (tertiary/aromatic N) is 1. The number of hydrogen-bond donors (Lipinski definition) is 1. The number of ketones is 1. The van der Waals surface area contributed by atoms with E-state index in [-0.39, 0.29) is 18.2 Å². The van der Waals surface area contributed by atoms with Crippen molar-refractivity contribution in [2.24, 2.45) is 5.41 Å². The topological polar surface area (TPSA) is 58.6 Å². The van der Waals surface area contributed by atoms with Gasteiger partial charge >= 0.3 is 0 Å². The summed E-state index contributed by atoms with van der Waals surface area (Å²) in [6, 6.07) is 0. The van der Waals surface area contributed by atoms with Crippen LogP contribution >= 0.6 is 0 Å². The van der Waals surface area contributed by atoms with Gasteiger partial charge in [-0.3, -0.25) is 9.59 Å². The van der Waals surface area contributed by atoms with Gasteiger partial charge in [0, 0.05) is 18.5 Å². The van der Waals surface area contributed by atoms with Gasteiger partial charge in [0.05, 0.1) is 13.2 Å². The number of morpholine rings is 1. The molecule has 0 unspecified atom stereocenters. The normalized spacial score (nSPS) is 22.2. The van der Waals surface area contributed by atoms with Crippen LogP contribution in [0.25, 0.3) is 0 Å². The zero-order valence-corrected chi connectivity index (χ0v) is 11.1. The monoisotopic (exact) mass is 242 g/mol. The first-order valence-corrected chi connectivity index (χ1v) is 5.92. The van der Waals surface area contributed by atoms with Crippen LogP contribution in [0.4, 0.5) is 0 Å². The second-order valence-electron chi connectivity index (χ2n) is 5.51. The molecule has 0 aromatic rings. The third-order valence-corrected chi connectivity index (χ3v) is 2.82. The molecule has 1 atom stereocenters. The van der Waals surface area contributed by atoms with E-state index in [1.54, 1.807) is 0 Å². The Hall–Kier alpha value is -0.940. The number of hydrogen-bond acceptors (Lipinski definition) is 4. The van der Waals surface area contributed by atoms with Gasteiger partial charge in [-0.15, -0.1) is 0 Å². The minimum absolute atomic E-state index is 0.0232. The van der Waals surface area contributed by atoms with E-state index in [0.29, 0.717) is 13.2 Å². The highest BCUT2D eigenvalue weighted by atomic mass is 16.5. The summed E-state index contributed by atoms with van der Waals surface area (Å²) in [7, 11) is 1.95. The van der Waals surface area contributed by atoms with Crippen LogP contribution in [0.1, 0.15) is 20.8 Å². The number of rotatable bonds is 3. The Labute approximate surface area is 102 Å². The highest BCUT2D eigenvalue weighted by molar-refractivity contribution is 5.90. The fraction of sp³-hybridized carbons (Fsp3) is 0.833. The zero-order valence-electron chi connectivity index (χ0n) is 11.1. The maximum absolute atomic E-state index is 11.8. The molecule has 0 radical (unpaired) electrons. The highest BCUT2D eigenvalue weighted by Crippen LogP contribution is 2.13. The molecule has 1 heterocycles. The summed E-state index contributed by atoms with van der Waals surface area (Å²) in [4.78, 5) is 25.5. The van der Waals surface area contributed by atoms with Crippen LogP contribution in [0.5, 0.6) is 0 Å². The number of nitrogens with one attached hydrogen (secondary N) is 1. The van der Waals surface area contributed by atoms with Crippen LogP contribution in [-0.4, -0.2) is 56.0 Å². The second-order valence-corrected chi connectivity index (χ2v) is 5.51. The van der Waals surface area contributed by atoms with Crippen LogP contribution in [0.15, 0.2) is 0 Å². The van der Waals surface area contributed by atoms with Gasteiger partial charge in [0.15, 0.2) is 5.78 Å².